The number of carbonyl (C=O) groups is 1. The smallest absolute Gasteiger partial charge is 0.216 e. The maximum absolute atomic E-state index is 13.6. The Bertz CT molecular complexity index is 1380. The lowest BCUT2D eigenvalue weighted by atomic mass is 9.86. The summed E-state index contributed by atoms with van der Waals surface area (Å²) >= 11 is 6.54. The first-order valence-corrected chi connectivity index (χ1v) is 12.3. The number of hydrogen-bond donors (Lipinski definition) is 3. The van der Waals surface area contributed by atoms with Crippen molar-refractivity contribution in [3.8, 4) is 17.4 Å². The summed E-state index contributed by atoms with van der Waals surface area (Å²) in [5.74, 6) is 1.64. The van der Waals surface area contributed by atoms with Gasteiger partial charge in [0.05, 0.1) is 23.1 Å². The van der Waals surface area contributed by atoms with Crippen LogP contribution in [0.15, 0.2) is 55.0 Å². The van der Waals surface area contributed by atoms with Crippen molar-refractivity contribution in [2.75, 3.05) is 19.0 Å². The van der Waals surface area contributed by atoms with Crippen LogP contribution in [0.1, 0.15) is 41.6 Å². The number of ether oxygens (including phenoxy) is 2. The van der Waals surface area contributed by atoms with E-state index >= 15 is 0 Å². The molecule has 5 rings (SSSR count). The number of anilines is 1. The van der Waals surface area contributed by atoms with Crippen molar-refractivity contribution >= 4 is 34.1 Å². The van der Waals surface area contributed by atoms with E-state index in [2.05, 4.69) is 20.3 Å². The van der Waals surface area contributed by atoms with Crippen LogP contribution in [0.3, 0.4) is 0 Å². The van der Waals surface area contributed by atoms with E-state index in [-0.39, 0.29) is 23.5 Å². The zero-order chi connectivity index (χ0) is 25.1. The van der Waals surface area contributed by atoms with Gasteiger partial charge in [-0.05, 0) is 55.9 Å². The number of aromatic amines is 1. The molecule has 3 heterocycles. The standard InChI is InChI=1S/C27H27ClN4O4/c1-35-24-13-19(8-10-29-24)36-18-6-7-20(22(28)12-18)26(34)21-14-31-27-25(21)23(9-11-30-27)32-17-4-2-16(15-33)3-5-17/h6-14,16-17,33H,2-5,15H2,1H3,(H2,30,31,32)/t16-,17+. The molecule has 3 aromatic heterocycles. The van der Waals surface area contributed by atoms with E-state index in [1.807, 2.05) is 6.07 Å². The highest BCUT2D eigenvalue weighted by atomic mass is 35.5. The number of aliphatic hydroxyl groups is 1. The molecule has 1 fully saturated rings. The molecule has 1 aliphatic rings. The molecule has 1 saturated carbocycles. The Morgan fingerprint density at radius 1 is 1.08 bits per heavy atom. The average molecular weight is 507 g/mol. The van der Waals surface area contributed by atoms with E-state index < -0.39 is 0 Å². The number of aliphatic hydroxyl groups excluding tert-OH is 1. The fourth-order valence-electron chi connectivity index (χ4n) is 4.66. The fraction of sp³-hybridized carbons (Fsp3) is 0.296. The Kier molecular flexibility index (Phi) is 7.06. The SMILES string of the molecule is COc1cc(Oc2ccc(C(=O)c3c[nH]c4nccc(N[C@H]5CC[C@@H](CO)CC5)c34)c(Cl)c2)ccn1. The van der Waals surface area contributed by atoms with Crippen LogP contribution in [0.4, 0.5) is 5.69 Å². The minimum Gasteiger partial charge on any atom is -0.481 e. The van der Waals surface area contributed by atoms with Crippen molar-refractivity contribution in [3.05, 3.63) is 71.1 Å². The number of aromatic nitrogens is 3. The number of nitrogens with one attached hydrogen (secondary N) is 2. The molecular formula is C27H27ClN4O4. The van der Waals surface area contributed by atoms with Gasteiger partial charge in [-0.15, -0.1) is 0 Å². The molecule has 186 valence electrons. The predicted octanol–water partition coefficient (Wildman–Crippen LogP) is 5.61. The quantitative estimate of drug-likeness (QED) is 0.266. The lowest BCUT2D eigenvalue weighted by Crippen LogP contribution is -2.27. The summed E-state index contributed by atoms with van der Waals surface area (Å²) in [5.41, 5.74) is 2.37. The van der Waals surface area contributed by atoms with Gasteiger partial charge in [0.25, 0.3) is 0 Å². The average Bonchev–Trinajstić information content (AvgIpc) is 3.34. The molecule has 1 aliphatic carbocycles. The number of pyridine rings is 2. The predicted molar refractivity (Wildman–Crippen MR) is 138 cm³/mol. The Morgan fingerprint density at radius 3 is 2.61 bits per heavy atom. The van der Waals surface area contributed by atoms with Gasteiger partial charge in [-0.25, -0.2) is 9.97 Å². The van der Waals surface area contributed by atoms with Crippen molar-refractivity contribution in [1.29, 1.82) is 0 Å². The molecule has 0 atom stereocenters. The second-order valence-electron chi connectivity index (χ2n) is 8.94. The van der Waals surface area contributed by atoms with Crippen molar-refractivity contribution in [2.24, 2.45) is 5.92 Å². The number of fused-ring (bicyclic) bond motifs is 1. The first-order chi connectivity index (χ1) is 17.6. The molecule has 0 amide bonds. The van der Waals surface area contributed by atoms with Gasteiger partial charge in [0.15, 0.2) is 5.78 Å². The third-order valence-electron chi connectivity index (χ3n) is 6.62. The number of hydrogen-bond acceptors (Lipinski definition) is 7. The maximum Gasteiger partial charge on any atom is 0.216 e. The zero-order valence-corrected chi connectivity index (χ0v) is 20.6. The lowest BCUT2D eigenvalue weighted by molar-refractivity contribution is 0.104. The Labute approximate surface area is 213 Å². The van der Waals surface area contributed by atoms with Crippen molar-refractivity contribution in [2.45, 2.75) is 31.7 Å². The minimum atomic E-state index is -0.205. The topological polar surface area (TPSA) is 109 Å². The van der Waals surface area contributed by atoms with Gasteiger partial charge < -0.3 is 24.9 Å². The molecule has 4 aromatic rings. The molecule has 1 aromatic carbocycles. The molecule has 0 saturated heterocycles. The molecule has 0 unspecified atom stereocenters. The summed E-state index contributed by atoms with van der Waals surface area (Å²) in [7, 11) is 1.53. The van der Waals surface area contributed by atoms with E-state index in [4.69, 9.17) is 21.1 Å². The maximum atomic E-state index is 13.6. The van der Waals surface area contributed by atoms with Crippen molar-refractivity contribution in [3.63, 3.8) is 0 Å². The highest BCUT2D eigenvalue weighted by molar-refractivity contribution is 6.35. The summed E-state index contributed by atoms with van der Waals surface area (Å²) in [4.78, 5) is 25.2. The molecular weight excluding hydrogens is 480 g/mol. The van der Waals surface area contributed by atoms with Crippen LogP contribution in [0.5, 0.6) is 17.4 Å². The van der Waals surface area contributed by atoms with E-state index in [9.17, 15) is 9.90 Å². The third-order valence-corrected chi connectivity index (χ3v) is 6.93. The number of benzene rings is 1. The van der Waals surface area contributed by atoms with Gasteiger partial charge in [0, 0.05) is 54.6 Å². The minimum absolute atomic E-state index is 0.205. The fourth-order valence-corrected chi connectivity index (χ4v) is 4.91. The molecule has 0 bridgehead atoms. The van der Waals surface area contributed by atoms with Crippen molar-refractivity contribution in [1.82, 2.24) is 15.0 Å². The zero-order valence-electron chi connectivity index (χ0n) is 19.8. The van der Waals surface area contributed by atoms with E-state index in [0.717, 1.165) is 36.8 Å². The molecule has 0 spiro atoms. The number of rotatable bonds is 8. The molecule has 0 radical (unpaired) electrons. The molecule has 3 N–H and O–H groups in total. The summed E-state index contributed by atoms with van der Waals surface area (Å²) in [6.07, 6.45) is 8.90. The molecule has 36 heavy (non-hydrogen) atoms. The summed E-state index contributed by atoms with van der Waals surface area (Å²) < 4.78 is 11.0. The van der Waals surface area contributed by atoms with Crippen LogP contribution in [0.25, 0.3) is 11.0 Å². The van der Waals surface area contributed by atoms with Crippen molar-refractivity contribution < 1.29 is 19.4 Å². The van der Waals surface area contributed by atoms with E-state index in [0.29, 0.717) is 40.1 Å². The van der Waals surface area contributed by atoms with E-state index in [1.165, 1.54) is 7.11 Å². The molecule has 8 nitrogen and oxygen atoms in total. The van der Waals surface area contributed by atoms with E-state index in [1.54, 1.807) is 48.9 Å². The number of methoxy groups -OCH3 is 1. The number of H-pyrrole nitrogens is 1. The third kappa shape index (κ3) is 5.01. The van der Waals surface area contributed by atoms with Gasteiger partial charge in [-0.3, -0.25) is 4.79 Å². The second kappa shape index (κ2) is 10.6. The lowest BCUT2D eigenvalue weighted by Gasteiger charge is -2.29. The highest BCUT2D eigenvalue weighted by Gasteiger charge is 2.24. The summed E-state index contributed by atoms with van der Waals surface area (Å²) in [6.45, 7) is 0.240. The monoisotopic (exact) mass is 506 g/mol. The van der Waals surface area contributed by atoms with Gasteiger partial charge in [-0.1, -0.05) is 11.6 Å². The van der Waals surface area contributed by atoms with Crippen LogP contribution < -0.4 is 14.8 Å². The largest absolute Gasteiger partial charge is 0.481 e. The second-order valence-corrected chi connectivity index (χ2v) is 9.34. The van der Waals surface area contributed by atoms with Crippen LogP contribution in [-0.2, 0) is 0 Å². The molecule has 9 heteroatoms. The van der Waals surface area contributed by atoms with Crippen LogP contribution in [0, 0.1) is 5.92 Å². The number of nitrogens with zero attached hydrogens (tertiary/aromatic N) is 2. The van der Waals surface area contributed by atoms with Crippen LogP contribution in [0.2, 0.25) is 5.02 Å². The van der Waals surface area contributed by atoms with Gasteiger partial charge in [0.1, 0.15) is 17.1 Å². The summed E-state index contributed by atoms with van der Waals surface area (Å²) in [5, 5.41) is 14.1. The van der Waals surface area contributed by atoms with Crippen LogP contribution in [-0.4, -0.2) is 45.6 Å². The normalized spacial score (nSPS) is 17.6. The highest BCUT2D eigenvalue weighted by Crippen LogP contribution is 2.34. The Hall–Kier alpha value is -3.62. The first-order valence-electron chi connectivity index (χ1n) is 11.9. The Balaban J connectivity index is 1.39. The number of halogens is 1. The summed E-state index contributed by atoms with van der Waals surface area (Å²) in [6, 6.07) is 10.5. The number of ketones is 1. The van der Waals surface area contributed by atoms with Gasteiger partial charge in [-0.2, -0.15) is 0 Å². The van der Waals surface area contributed by atoms with Gasteiger partial charge in [0.2, 0.25) is 5.88 Å². The van der Waals surface area contributed by atoms with Gasteiger partial charge >= 0.3 is 0 Å². The molecule has 0 aliphatic heterocycles. The first kappa shape index (κ1) is 24.1. The number of carbonyl (C=O) groups excluding carboxylic acids is 1. The Morgan fingerprint density at radius 2 is 1.86 bits per heavy atom. The van der Waals surface area contributed by atoms with Crippen LogP contribution >= 0.6 is 11.6 Å².